The second-order valence-electron chi connectivity index (χ2n) is 5.00. The first-order valence-corrected chi connectivity index (χ1v) is 8.74. The monoisotopic (exact) mass is 334 g/mol. The third-order valence-electron chi connectivity index (χ3n) is 3.37. The average molecular weight is 335 g/mol. The Morgan fingerprint density at radius 1 is 1.43 bits per heavy atom. The van der Waals surface area contributed by atoms with Gasteiger partial charge in [0.2, 0.25) is 15.9 Å². The predicted octanol–water partition coefficient (Wildman–Crippen LogP) is 2.23. The average Bonchev–Trinajstić information content (AvgIpc) is 2.41. The molecule has 0 unspecified atom stereocenters. The van der Waals surface area contributed by atoms with Gasteiger partial charge in [0.25, 0.3) is 0 Å². The molecule has 0 spiro atoms. The van der Waals surface area contributed by atoms with E-state index in [1.807, 2.05) is 0 Å². The van der Waals surface area contributed by atoms with Crippen molar-refractivity contribution >= 4 is 33.2 Å². The van der Waals surface area contributed by atoms with Crippen molar-refractivity contribution in [3.05, 3.63) is 29.0 Å². The van der Waals surface area contributed by atoms with Crippen LogP contribution >= 0.6 is 11.6 Å². The molecule has 1 aliphatic rings. The maximum absolute atomic E-state index is 13.7. The van der Waals surface area contributed by atoms with Crippen molar-refractivity contribution in [1.29, 1.82) is 0 Å². The Labute approximate surface area is 128 Å². The number of carbonyl (C=O) groups is 1. The molecular weight excluding hydrogens is 319 g/mol. The van der Waals surface area contributed by atoms with Crippen LogP contribution in [0.15, 0.2) is 18.2 Å². The second-order valence-corrected chi connectivity index (χ2v) is 7.37. The van der Waals surface area contributed by atoms with E-state index in [-0.39, 0.29) is 10.7 Å². The topological polar surface area (TPSA) is 66.5 Å². The summed E-state index contributed by atoms with van der Waals surface area (Å²) < 4.78 is 38.3. The molecule has 1 saturated heterocycles. The molecule has 21 heavy (non-hydrogen) atoms. The summed E-state index contributed by atoms with van der Waals surface area (Å²) in [6.07, 6.45) is 2.97. The SMILES string of the molecule is CS(=O)(=O)N1CCCC[C@@H]1C(=O)Nc1ccc(Cl)cc1F. The molecule has 1 amide bonds. The van der Waals surface area contributed by atoms with Crippen molar-refractivity contribution in [1.82, 2.24) is 4.31 Å². The number of nitrogens with one attached hydrogen (secondary N) is 1. The molecule has 8 heteroatoms. The maximum atomic E-state index is 13.7. The van der Waals surface area contributed by atoms with Gasteiger partial charge < -0.3 is 5.32 Å². The summed E-state index contributed by atoms with van der Waals surface area (Å²) in [5, 5.41) is 2.65. The van der Waals surface area contributed by atoms with Crippen molar-refractivity contribution in [2.45, 2.75) is 25.3 Å². The third-order valence-corrected chi connectivity index (χ3v) is 4.90. The number of anilines is 1. The Morgan fingerprint density at radius 3 is 2.76 bits per heavy atom. The van der Waals surface area contributed by atoms with Gasteiger partial charge in [0.15, 0.2) is 0 Å². The molecule has 0 aromatic heterocycles. The number of hydrogen-bond acceptors (Lipinski definition) is 3. The smallest absolute Gasteiger partial charge is 0.242 e. The number of halogens is 2. The zero-order valence-corrected chi connectivity index (χ0v) is 13.0. The molecule has 1 fully saturated rings. The largest absolute Gasteiger partial charge is 0.322 e. The van der Waals surface area contributed by atoms with Crippen LogP contribution < -0.4 is 5.32 Å². The number of benzene rings is 1. The third kappa shape index (κ3) is 3.93. The highest BCUT2D eigenvalue weighted by atomic mass is 35.5. The van der Waals surface area contributed by atoms with E-state index in [0.717, 1.165) is 18.7 Å². The maximum Gasteiger partial charge on any atom is 0.242 e. The summed E-state index contributed by atoms with van der Waals surface area (Å²) in [5.74, 6) is -1.18. The molecule has 1 aromatic rings. The Hall–Kier alpha value is -1.18. The van der Waals surface area contributed by atoms with Crippen LogP contribution in [-0.4, -0.2) is 37.5 Å². The molecule has 1 aromatic carbocycles. The molecular formula is C13H16ClFN2O3S. The van der Waals surface area contributed by atoms with Crippen LogP contribution in [0.4, 0.5) is 10.1 Å². The van der Waals surface area contributed by atoms with Gasteiger partial charge in [-0.05, 0) is 31.0 Å². The number of nitrogens with zero attached hydrogens (tertiary/aromatic N) is 1. The molecule has 0 bridgehead atoms. The lowest BCUT2D eigenvalue weighted by atomic mass is 10.0. The minimum atomic E-state index is -3.47. The first-order chi connectivity index (χ1) is 9.79. The molecule has 1 aliphatic heterocycles. The molecule has 116 valence electrons. The Balaban J connectivity index is 2.18. The number of hydrogen-bond donors (Lipinski definition) is 1. The van der Waals surface area contributed by atoms with Crippen molar-refractivity contribution in [2.24, 2.45) is 0 Å². The zero-order chi connectivity index (χ0) is 15.6. The lowest BCUT2D eigenvalue weighted by Crippen LogP contribution is -2.49. The Bertz CT molecular complexity index is 651. The summed E-state index contributed by atoms with van der Waals surface area (Å²) in [6, 6.07) is 3.09. The number of carbonyl (C=O) groups excluding carboxylic acids is 1. The van der Waals surface area contributed by atoms with E-state index in [1.54, 1.807) is 0 Å². The van der Waals surface area contributed by atoms with E-state index in [4.69, 9.17) is 11.6 Å². The van der Waals surface area contributed by atoms with E-state index < -0.39 is 27.8 Å². The van der Waals surface area contributed by atoms with Crippen molar-refractivity contribution < 1.29 is 17.6 Å². The summed E-state index contributed by atoms with van der Waals surface area (Å²) >= 11 is 5.64. The quantitative estimate of drug-likeness (QED) is 0.921. The minimum absolute atomic E-state index is 0.0107. The van der Waals surface area contributed by atoms with Gasteiger partial charge in [-0.1, -0.05) is 18.0 Å². The lowest BCUT2D eigenvalue weighted by molar-refractivity contribution is -0.120. The molecule has 1 atom stereocenters. The summed E-state index contributed by atoms with van der Waals surface area (Å²) in [4.78, 5) is 12.2. The van der Waals surface area contributed by atoms with Crippen LogP contribution in [0, 0.1) is 5.82 Å². The number of sulfonamides is 1. The first-order valence-electron chi connectivity index (χ1n) is 6.52. The van der Waals surface area contributed by atoms with Gasteiger partial charge in [-0.25, -0.2) is 12.8 Å². The second kappa shape index (κ2) is 6.29. The molecule has 5 nitrogen and oxygen atoms in total. The van der Waals surface area contributed by atoms with Gasteiger partial charge in [0, 0.05) is 11.6 Å². The van der Waals surface area contributed by atoms with Crippen molar-refractivity contribution in [3.8, 4) is 0 Å². The molecule has 0 radical (unpaired) electrons. The molecule has 0 aliphatic carbocycles. The van der Waals surface area contributed by atoms with Gasteiger partial charge in [0.1, 0.15) is 11.9 Å². The highest BCUT2D eigenvalue weighted by molar-refractivity contribution is 7.88. The number of rotatable bonds is 3. The van der Waals surface area contributed by atoms with Gasteiger partial charge in [-0.2, -0.15) is 4.31 Å². The number of piperidine rings is 1. The van der Waals surface area contributed by atoms with Gasteiger partial charge in [-0.3, -0.25) is 4.79 Å². The first kappa shape index (κ1) is 16.2. The van der Waals surface area contributed by atoms with E-state index in [1.165, 1.54) is 16.4 Å². The number of amides is 1. The van der Waals surface area contributed by atoms with Crippen molar-refractivity contribution in [2.75, 3.05) is 18.1 Å². The molecule has 1 heterocycles. The molecule has 0 saturated carbocycles. The lowest BCUT2D eigenvalue weighted by Gasteiger charge is -2.32. The zero-order valence-electron chi connectivity index (χ0n) is 11.5. The van der Waals surface area contributed by atoms with Crippen LogP contribution in [0.3, 0.4) is 0 Å². The van der Waals surface area contributed by atoms with Crippen molar-refractivity contribution in [3.63, 3.8) is 0 Å². The molecule has 2 rings (SSSR count). The fourth-order valence-electron chi connectivity index (χ4n) is 2.37. The van der Waals surface area contributed by atoms with E-state index in [2.05, 4.69) is 5.32 Å². The molecule has 1 N–H and O–H groups in total. The van der Waals surface area contributed by atoms with Crippen LogP contribution in [0.5, 0.6) is 0 Å². The predicted molar refractivity (Wildman–Crippen MR) is 79.2 cm³/mol. The van der Waals surface area contributed by atoms with Crippen LogP contribution in [0.2, 0.25) is 5.02 Å². The van der Waals surface area contributed by atoms with Crippen LogP contribution in [0.1, 0.15) is 19.3 Å². The van der Waals surface area contributed by atoms with Gasteiger partial charge in [-0.15, -0.1) is 0 Å². The van der Waals surface area contributed by atoms with E-state index in [0.29, 0.717) is 19.4 Å². The van der Waals surface area contributed by atoms with E-state index >= 15 is 0 Å². The summed E-state index contributed by atoms with van der Waals surface area (Å²) in [5.41, 5.74) is -0.0107. The highest BCUT2D eigenvalue weighted by Crippen LogP contribution is 2.23. The standard InChI is InChI=1S/C13H16ClFN2O3S/c1-21(19,20)17-7-3-2-4-12(17)13(18)16-11-6-5-9(14)8-10(11)15/h5-6,8,12H,2-4,7H2,1H3,(H,16,18)/t12-/m1/s1. The fraction of sp³-hybridized carbons (Fsp3) is 0.462. The van der Waals surface area contributed by atoms with Crippen LogP contribution in [-0.2, 0) is 14.8 Å². The fourth-order valence-corrected chi connectivity index (χ4v) is 3.65. The Morgan fingerprint density at radius 2 is 2.14 bits per heavy atom. The summed E-state index contributed by atoms with van der Waals surface area (Å²) in [6.45, 7) is 0.306. The van der Waals surface area contributed by atoms with Gasteiger partial charge >= 0.3 is 0 Å². The summed E-state index contributed by atoms with van der Waals surface area (Å²) in [7, 11) is -3.47. The minimum Gasteiger partial charge on any atom is -0.322 e. The highest BCUT2D eigenvalue weighted by Gasteiger charge is 2.34. The van der Waals surface area contributed by atoms with Crippen LogP contribution in [0.25, 0.3) is 0 Å². The normalized spacial score (nSPS) is 20.2. The Kier molecular flexibility index (Phi) is 4.85. The van der Waals surface area contributed by atoms with Gasteiger partial charge in [0.05, 0.1) is 11.9 Å². The van der Waals surface area contributed by atoms with E-state index in [9.17, 15) is 17.6 Å².